The van der Waals surface area contributed by atoms with Gasteiger partial charge in [-0.05, 0) is 37.4 Å². The molecule has 6 heteroatoms. The molecular formula is C15H19ClF2N2O. The molecule has 3 nitrogen and oxygen atoms in total. The number of fused-ring (bicyclic) bond motifs is 1. The number of hydrogen-bond acceptors (Lipinski definition) is 2. The SMILES string of the molecule is Cl.O=C(Nc1cc(F)cc(F)c1)[C@@]12CCCC[C@H]1CNC2. The predicted octanol–water partition coefficient (Wildman–Crippen LogP) is 3.10. The Hall–Kier alpha value is -1.20. The first-order valence-electron chi connectivity index (χ1n) is 7.08. The lowest BCUT2D eigenvalue weighted by atomic mass is 9.67. The van der Waals surface area contributed by atoms with Gasteiger partial charge >= 0.3 is 0 Å². The van der Waals surface area contributed by atoms with Gasteiger partial charge in [-0.15, -0.1) is 12.4 Å². The quantitative estimate of drug-likeness (QED) is 0.880. The molecule has 116 valence electrons. The smallest absolute Gasteiger partial charge is 0.232 e. The molecule has 0 bridgehead atoms. The average Bonchev–Trinajstić information content (AvgIpc) is 2.82. The number of carbonyl (C=O) groups excluding carboxylic acids is 1. The summed E-state index contributed by atoms with van der Waals surface area (Å²) in [5.74, 6) is -1.14. The zero-order chi connectivity index (χ0) is 14.2. The summed E-state index contributed by atoms with van der Waals surface area (Å²) in [6.07, 6.45) is 4.06. The molecule has 1 amide bonds. The molecule has 0 unspecified atom stereocenters. The summed E-state index contributed by atoms with van der Waals surface area (Å²) in [6, 6.07) is 3.10. The number of carbonyl (C=O) groups is 1. The second kappa shape index (κ2) is 6.28. The lowest BCUT2D eigenvalue weighted by Crippen LogP contribution is -2.44. The highest BCUT2D eigenvalue weighted by atomic mass is 35.5. The summed E-state index contributed by atoms with van der Waals surface area (Å²) >= 11 is 0. The van der Waals surface area contributed by atoms with Crippen LogP contribution in [-0.2, 0) is 4.79 Å². The van der Waals surface area contributed by atoms with Gasteiger partial charge in [0.2, 0.25) is 5.91 Å². The molecule has 21 heavy (non-hydrogen) atoms. The molecule has 1 heterocycles. The monoisotopic (exact) mass is 316 g/mol. The molecule has 2 fully saturated rings. The van der Waals surface area contributed by atoms with Crippen LogP contribution in [0.25, 0.3) is 0 Å². The fourth-order valence-electron chi connectivity index (χ4n) is 3.57. The van der Waals surface area contributed by atoms with Crippen LogP contribution in [0.1, 0.15) is 25.7 Å². The van der Waals surface area contributed by atoms with E-state index in [2.05, 4.69) is 10.6 Å². The molecule has 2 atom stereocenters. The fraction of sp³-hybridized carbons (Fsp3) is 0.533. The minimum atomic E-state index is -0.678. The molecule has 2 aliphatic rings. The van der Waals surface area contributed by atoms with Gasteiger partial charge < -0.3 is 10.6 Å². The van der Waals surface area contributed by atoms with Crippen molar-refractivity contribution in [3.8, 4) is 0 Å². The molecule has 2 N–H and O–H groups in total. The third-order valence-electron chi connectivity index (χ3n) is 4.61. The van der Waals surface area contributed by atoms with Gasteiger partial charge in [0.25, 0.3) is 0 Å². The lowest BCUT2D eigenvalue weighted by molar-refractivity contribution is -0.128. The van der Waals surface area contributed by atoms with Crippen LogP contribution in [0.3, 0.4) is 0 Å². The first-order valence-corrected chi connectivity index (χ1v) is 7.08. The van der Waals surface area contributed by atoms with E-state index in [1.807, 2.05) is 0 Å². The Balaban J connectivity index is 0.00000161. The number of nitrogens with one attached hydrogen (secondary N) is 2. The molecule has 0 aromatic heterocycles. The molecule has 1 saturated carbocycles. The highest BCUT2D eigenvalue weighted by Gasteiger charge is 2.49. The summed E-state index contributed by atoms with van der Waals surface area (Å²) in [5, 5.41) is 5.98. The highest BCUT2D eigenvalue weighted by Crippen LogP contribution is 2.44. The predicted molar refractivity (Wildman–Crippen MR) is 79.5 cm³/mol. The van der Waals surface area contributed by atoms with Crippen molar-refractivity contribution in [2.45, 2.75) is 25.7 Å². The lowest BCUT2D eigenvalue weighted by Gasteiger charge is -2.37. The Bertz CT molecular complexity index is 520. The number of amides is 1. The van der Waals surface area contributed by atoms with Gasteiger partial charge in [0.1, 0.15) is 11.6 Å². The van der Waals surface area contributed by atoms with E-state index in [9.17, 15) is 13.6 Å². The summed E-state index contributed by atoms with van der Waals surface area (Å²) < 4.78 is 26.4. The van der Waals surface area contributed by atoms with Crippen LogP contribution in [0, 0.1) is 23.0 Å². The summed E-state index contributed by atoms with van der Waals surface area (Å²) in [6.45, 7) is 1.51. The topological polar surface area (TPSA) is 41.1 Å². The van der Waals surface area contributed by atoms with Crippen molar-refractivity contribution >= 4 is 24.0 Å². The van der Waals surface area contributed by atoms with Gasteiger partial charge in [-0.2, -0.15) is 0 Å². The van der Waals surface area contributed by atoms with Crippen molar-refractivity contribution in [1.29, 1.82) is 0 Å². The average molecular weight is 317 g/mol. The van der Waals surface area contributed by atoms with Crippen LogP contribution >= 0.6 is 12.4 Å². The summed E-state index contributed by atoms with van der Waals surface area (Å²) in [5.41, 5.74) is -0.223. The zero-order valence-electron chi connectivity index (χ0n) is 11.6. The molecular weight excluding hydrogens is 298 g/mol. The first kappa shape index (κ1) is 16.2. The highest BCUT2D eigenvalue weighted by molar-refractivity contribution is 5.96. The first-order chi connectivity index (χ1) is 9.60. The molecule has 3 rings (SSSR count). The largest absolute Gasteiger partial charge is 0.325 e. The molecule has 0 spiro atoms. The maximum atomic E-state index is 13.2. The van der Waals surface area contributed by atoms with Gasteiger partial charge in [0.15, 0.2) is 0 Å². The zero-order valence-corrected chi connectivity index (χ0v) is 12.4. The molecule has 1 aromatic carbocycles. The minimum Gasteiger partial charge on any atom is -0.325 e. The van der Waals surface area contributed by atoms with E-state index in [4.69, 9.17) is 0 Å². The van der Waals surface area contributed by atoms with Crippen molar-refractivity contribution in [3.63, 3.8) is 0 Å². The molecule has 1 saturated heterocycles. The van der Waals surface area contributed by atoms with Gasteiger partial charge in [-0.3, -0.25) is 4.79 Å². The van der Waals surface area contributed by atoms with Crippen LogP contribution in [0.15, 0.2) is 18.2 Å². The molecule has 0 radical (unpaired) electrons. The van der Waals surface area contributed by atoms with Gasteiger partial charge in [0.05, 0.1) is 5.41 Å². The number of halogens is 3. The van der Waals surface area contributed by atoms with Crippen LogP contribution < -0.4 is 10.6 Å². The number of hydrogen-bond donors (Lipinski definition) is 2. The molecule has 1 aliphatic heterocycles. The van der Waals surface area contributed by atoms with E-state index >= 15 is 0 Å². The van der Waals surface area contributed by atoms with E-state index < -0.39 is 17.0 Å². The summed E-state index contributed by atoms with van der Waals surface area (Å²) in [7, 11) is 0. The fourth-order valence-corrected chi connectivity index (χ4v) is 3.57. The van der Waals surface area contributed by atoms with Crippen molar-refractivity contribution in [1.82, 2.24) is 5.32 Å². The van der Waals surface area contributed by atoms with E-state index in [1.165, 1.54) is 0 Å². The Morgan fingerprint density at radius 1 is 1.24 bits per heavy atom. The Morgan fingerprint density at radius 2 is 1.95 bits per heavy atom. The van der Waals surface area contributed by atoms with Crippen molar-refractivity contribution in [2.75, 3.05) is 18.4 Å². The van der Waals surface area contributed by atoms with Gasteiger partial charge in [-0.25, -0.2) is 8.78 Å². The van der Waals surface area contributed by atoms with Crippen LogP contribution in [0.4, 0.5) is 14.5 Å². The Morgan fingerprint density at radius 3 is 2.67 bits per heavy atom. The number of benzene rings is 1. The van der Waals surface area contributed by atoms with E-state index in [0.717, 1.165) is 50.4 Å². The summed E-state index contributed by atoms with van der Waals surface area (Å²) in [4.78, 5) is 12.6. The van der Waals surface area contributed by atoms with Crippen LogP contribution in [0.2, 0.25) is 0 Å². The number of rotatable bonds is 2. The minimum absolute atomic E-state index is 0. The molecule has 1 aromatic rings. The van der Waals surface area contributed by atoms with Crippen LogP contribution in [0.5, 0.6) is 0 Å². The van der Waals surface area contributed by atoms with Gasteiger partial charge in [-0.1, -0.05) is 12.8 Å². The van der Waals surface area contributed by atoms with Gasteiger partial charge in [0, 0.05) is 18.3 Å². The van der Waals surface area contributed by atoms with Crippen molar-refractivity contribution in [3.05, 3.63) is 29.8 Å². The maximum Gasteiger partial charge on any atom is 0.232 e. The third kappa shape index (κ3) is 3.04. The third-order valence-corrected chi connectivity index (χ3v) is 4.61. The molecule has 1 aliphatic carbocycles. The van der Waals surface area contributed by atoms with E-state index in [0.29, 0.717) is 12.5 Å². The van der Waals surface area contributed by atoms with Crippen molar-refractivity contribution in [2.24, 2.45) is 11.3 Å². The second-order valence-electron chi connectivity index (χ2n) is 5.84. The van der Waals surface area contributed by atoms with Crippen molar-refractivity contribution < 1.29 is 13.6 Å². The standard InChI is InChI=1S/C15H18F2N2O.ClH/c16-11-5-12(17)7-13(6-11)19-14(20)15-4-2-1-3-10(15)8-18-9-15;/h5-7,10,18H,1-4,8-9H2,(H,19,20);1H/t10-,15+;/m0./s1. The normalized spacial score (nSPS) is 27.6. The Kier molecular flexibility index (Phi) is 4.84. The maximum absolute atomic E-state index is 13.2. The van der Waals surface area contributed by atoms with E-state index in [-0.39, 0.29) is 24.0 Å². The van der Waals surface area contributed by atoms with Crippen LogP contribution in [-0.4, -0.2) is 19.0 Å². The second-order valence-corrected chi connectivity index (χ2v) is 5.84. The van der Waals surface area contributed by atoms with E-state index in [1.54, 1.807) is 0 Å². The Labute approximate surface area is 128 Å². The number of anilines is 1.